The molecule has 3 aliphatic carbocycles. The molecule has 0 amide bonds. The number of carbonyl (C=O) groups is 2. The van der Waals surface area contributed by atoms with Gasteiger partial charge in [-0.3, -0.25) is 9.59 Å². The average Bonchev–Trinajstić information content (AvgIpc) is 2.64. The first-order chi connectivity index (χ1) is 12.5. The van der Waals surface area contributed by atoms with Crippen molar-refractivity contribution in [1.82, 2.24) is 0 Å². The highest BCUT2D eigenvalue weighted by Crippen LogP contribution is 2.33. The van der Waals surface area contributed by atoms with Gasteiger partial charge in [-0.15, -0.1) is 0 Å². The third kappa shape index (κ3) is 5.47. The highest BCUT2D eigenvalue weighted by molar-refractivity contribution is 5.73. The Morgan fingerprint density at radius 1 is 0.538 bits per heavy atom. The van der Waals surface area contributed by atoms with Crippen molar-refractivity contribution < 1.29 is 19.1 Å². The van der Waals surface area contributed by atoms with Crippen molar-refractivity contribution in [2.45, 2.75) is 103 Å². The van der Waals surface area contributed by atoms with E-state index in [1.54, 1.807) is 0 Å². The van der Waals surface area contributed by atoms with Crippen LogP contribution in [-0.4, -0.2) is 24.1 Å². The van der Waals surface area contributed by atoms with Gasteiger partial charge in [0.15, 0.2) is 0 Å². The number of esters is 2. The zero-order valence-corrected chi connectivity index (χ0v) is 16.6. The lowest BCUT2D eigenvalue weighted by Gasteiger charge is -2.32. The van der Waals surface area contributed by atoms with Crippen molar-refractivity contribution >= 4 is 11.9 Å². The quantitative estimate of drug-likeness (QED) is 0.656. The average molecular weight is 365 g/mol. The van der Waals surface area contributed by atoms with Gasteiger partial charge >= 0.3 is 11.9 Å². The molecule has 148 valence electrons. The zero-order chi connectivity index (χ0) is 18.5. The van der Waals surface area contributed by atoms with Crippen molar-refractivity contribution in [3.63, 3.8) is 0 Å². The van der Waals surface area contributed by atoms with Gasteiger partial charge in [-0.05, 0) is 88.9 Å². The lowest BCUT2D eigenvalue weighted by atomic mass is 9.83. The van der Waals surface area contributed by atoms with Crippen LogP contribution in [0.4, 0.5) is 0 Å². The summed E-state index contributed by atoms with van der Waals surface area (Å²) in [4.78, 5) is 24.7. The van der Waals surface area contributed by atoms with Crippen LogP contribution in [0.15, 0.2) is 0 Å². The summed E-state index contributed by atoms with van der Waals surface area (Å²) < 4.78 is 11.5. The second kappa shape index (κ2) is 9.23. The standard InChI is InChI=1S/C22H36O4/c1-15-3-7-17(8-4-15)21(23)25-19-11-13-20(14-12-19)26-22(24)18-9-5-16(2)6-10-18/h15-20H,3-14H2,1-2H3. The molecule has 4 nitrogen and oxygen atoms in total. The number of rotatable bonds is 4. The van der Waals surface area contributed by atoms with E-state index in [1.165, 1.54) is 0 Å². The van der Waals surface area contributed by atoms with Crippen molar-refractivity contribution in [3.05, 3.63) is 0 Å². The lowest BCUT2D eigenvalue weighted by Crippen LogP contribution is -2.34. The summed E-state index contributed by atoms with van der Waals surface area (Å²) in [5.74, 6) is 1.72. The summed E-state index contributed by atoms with van der Waals surface area (Å²) >= 11 is 0. The summed E-state index contributed by atoms with van der Waals surface area (Å²) in [5.41, 5.74) is 0. The predicted octanol–water partition coefficient (Wildman–Crippen LogP) is 5.04. The SMILES string of the molecule is CC1CCC(C(=O)OC2CCC(OC(=O)C3CCC(C)CC3)CC2)CC1. The van der Waals surface area contributed by atoms with Crippen LogP contribution in [-0.2, 0) is 19.1 Å². The van der Waals surface area contributed by atoms with Crippen LogP contribution >= 0.6 is 0 Å². The molecule has 3 aliphatic rings. The molecule has 0 heterocycles. The van der Waals surface area contributed by atoms with E-state index < -0.39 is 0 Å². The predicted molar refractivity (Wildman–Crippen MR) is 100 cm³/mol. The van der Waals surface area contributed by atoms with Gasteiger partial charge < -0.3 is 9.47 Å². The summed E-state index contributed by atoms with van der Waals surface area (Å²) in [6.07, 6.45) is 11.8. The monoisotopic (exact) mass is 364 g/mol. The Morgan fingerprint density at radius 2 is 0.846 bits per heavy atom. The van der Waals surface area contributed by atoms with Crippen LogP contribution in [0, 0.1) is 23.7 Å². The van der Waals surface area contributed by atoms with E-state index in [1.807, 2.05) is 0 Å². The Bertz CT molecular complexity index is 421. The maximum Gasteiger partial charge on any atom is 0.309 e. The minimum Gasteiger partial charge on any atom is -0.462 e. The third-order valence-electron chi connectivity index (χ3n) is 6.89. The molecule has 0 bridgehead atoms. The molecule has 4 heteroatoms. The van der Waals surface area contributed by atoms with E-state index in [0.717, 1.165) is 88.9 Å². The maximum absolute atomic E-state index is 12.4. The van der Waals surface area contributed by atoms with Crippen LogP contribution < -0.4 is 0 Å². The fourth-order valence-electron chi connectivity index (χ4n) is 4.78. The molecule has 0 aromatic carbocycles. The maximum atomic E-state index is 12.4. The van der Waals surface area contributed by atoms with Crippen molar-refractivity contribution in [1.29, 1.82) is 0 Å². The van der Waals surface area contributed by atoms with Crippen molar-refractivity contribution in [2.24, 2.45) is 23.7 Å². The summed E-state index contributed by atoms with van der Waals surface area (Å²) in [6, 6.07) is 0. The van der Waals surface area contributed by atoms with E-state index in [0.29, 0.717) is 0 Å². The van der Waals surface area contributed by atoms with Gasteiger partial charge in [0.1, 0.15) is 12.2 Å². The molecule has 3 saturated carbocycles. The fraction of sp³-hybridized carbons (Fsp3) is 0.909. The molecule has 3 rings (SSSR count). The second-order valence-electron chi connectivity index (χ2n) is 9.19. The van der Waals surface area contributed by atoms with Gasteiger partial charge in [0.2, 0.25) is 0 Å². The van der Waals surface area contributed by atoms with Gasteiger partial charge in [-0.25, -0.2) is 0 Å². The third-order valence-corrected chi connectivity index (χ3v) is 6.89. The molecule has 26 heavy (non-hydrogen) atoms. The van der Waals surface area contributed by atoms with E-state index in [-0.39, 0.29) is 36.0 Å². The van der Waals surface area contributed by atoms with Gasteiger partial charge in [-0.2, -0.15) is 0 Å². The Kier molecular flexibility index (Phi) is 6.99. The van der Waals surface area contributed by atoms with Crippen LogP contribution in [0.3, 0.4) is 0 Å². The van der Waals surface area contributed by atoms with Crippen LogP contribution in [0.5, 0.6) is 0 Å². The number of ether oxygens (including phenoxy) is 2. The Balaban J connectivity index is 1.35. The highest BCUT2D eigenvalue weighted by atomic mass is 16.6. The first-order valence-corrected chi connectivity index (χ1v) is 10.9. The van der Waals surface area contributed by atoms with Gasteiger partial charge in [-0.1, -0.05) is 13.8 Å². The van der Waals surface area contributed by atoms with Crippen LogP contribution in [0.25, 0.3) is 0 Å². The van der Waals surface area contributed by atoms with Gasteiger partial charge in [0, 0.05) is 0 Å². The minimum absolute atomic E-state index is 0.00803. The molecular formula is C22H36O4. The van der Waals surface area contributed by atoms with Gasteiger partial charge in [0.05, 0.1) is 11.8 Å². The Labute approximate surface area is 158 Å². The second-order valence-corrected chi connectivity index (χ2v) is 9.19. The molecule has 0 N–H and O–H groups in total. The summed E-state index contributed by atoms with van der Waals surface area (Å²) in [7, 11) is 0. The smallest absolute Gasteiger partial charge is 0.309 e. The normalized spacial score (nSPS) is 38.4. The molecule has 0 aromatic heterocycles. The van der Waals surface area contributed by atoms with E-state index in [4.69, 9.17) is 9.47 Å². The molecule has 0 aromatic rings. The van der Waals surface area contributed by atoms with E-state index >= 15 is 0 Å². The topological polar surface area (TPSA) is 52.6 Å². The molecule has 0 spiro atoms. The first kappa shape index (κ1) is 19.7. The Hall–Kier alpha value is -1.06. The molecule has 3 fully saturated rings. The molecular weight excluding hydrogens is 328 g/mol. The van der Waals surface area contributed by atoms with Crippen LogP contribution in [0.2, 0.25) is 0 Å². The van der Waals surface area contributed by atoms with Crippen molar-refractivity contribution in [3.8, 4) is 0 Å². The Morgan fingerprint density at radius 3 is 1.15 bits per heavy atom. The minimum atomic E-state index is 0.00803. The number of hydrogen-bond donors (Lipinski definition) is 0. The molecule has 0 atom stereocenters. The fourth-order valence-corrected chi connectivity index (χ4v) is 4.78. The van der Waals surface area contributed by atoms with E-state index in [2.05, 4.69) is 13.8 Å². The van der Waals surface area contributed by atoms with Crippen LogP contribution in [0.1, 0.15) is 90.9 Å². The zero-order valence-electron chi connectivity index (χ0n) is 16.6. The summed E-state index contributed by atoms with van der Waals surface area (Å²) in [5, 5.41) is 0. The summed E-state index contributed by atoms with van der Waals surface area (Å²) in [6.45, 7) is 4.52. The lowest BCUT2D eigenvalue weighted by molar-refractivity contribution is -0.164. The largest absolute Gasteiger partial charge is 0.462 e. The van der Waals surface area contributed by atoms with Gasteiger partial charge in [0.25, 0.3) is 0 Å². The number of hydrogen-bond acceptors (Lipinski definition) is 4. The highest BCUT2D eigenvalue weighted by Gasteiger charge is 2.32. The molecule has 0 aliphatic heterocycles. The number of carbonyl (C=O) groups excluding carboxylic acids is 2. The molecule has 0 radical (unpaired) electrons. The van der Waals surface area contributed by atoms with Crippen molar-refractivity contribution in [2.75, 3.05) is 0 Å². The first-order valence-electron chi connectivity index (χ1n) is 10.9. The van der Waals surface area contributed by atoms with E-state index in [9.17, 15) is 9.59 Å². The molecule has 0 unspecified atom stereocenters. The molecule has 0 saturated heterocycles.